The van der Waals surface area contributed by atoms with Crippen molar-refractivity contribution >= 4 is 5.97 Å². The predicted molar refractivity (Wildman–Crippen MR) is 64.2 cm³/mol. The molecular formula is C14H24O2. The van der Waals surface area contributed by atoms with Crippen LogP contribution < -0.4 is 0 Å². The molecule has 0 saturated heterocycles. The third-order valence-electron chi connectivity index (χ3n) is 5.33. The van der Waals surface area contributed by atoms with Gasteiger partial charge in [-0.2, -0.15) is 0 Å². The summed E-state index contributed by atoms with van der Waals surface area (Å²) in [5, 5.41) is 9.04. The van der Waals surface area contributed by atoms with Crippen LogP contribution in [0.15, 0.2) is 0 Å². The molecule has 0 aromatic rings. The number of carboxylic acid groups (broad SMARTS) is 1. The van der Waals surface area contributed by atoms with Crippen molar-refractivity contribution in [2.75, 3.05) is 0 Å². The zero-order chi connectivity index (χ0) is 11.8. The lowest BCUT2D eigenvalue weighted by Crippen LogP contribution is -2.45. The van der Waals surface area contributed by atoms with E-state index < -0.39 is 5.97 Å². The van der Waals surface area contributed by atoms with E-state index in [-0.39, 0.29) is 0 Å². The minimum Gasteiger partial charge on any atom is -0.481 e. The summed E-state index contributed by atoms with van der Waals surface area (Å²) in [7, 11) is 0. The van der Waals surface area contributed by atoms with E-state index in [1.807, 2.05) is 0 Å². The van der Waals surface area contributed by atoms with E-state index in [1.165, 1.54) is 32.1 Å². The first-order valence-corrected chi connectivity index (χ1v) is 6.76. The van der Waals surface area contributed by atoms with Gasteiger partial charge >= 0.3 is 5.97 Å². The van der Waals surface area contributed by atoms with E-state index in [1.54, 1.807) is 0 Å². The third kappa shape index (κ3) is 1.99. The van der Waals surface area contributed by atoms with E-state index in [0.717, 1.165) is 18.3 Å². The van der Waals surface area contributed by atoms with Gasteiger partial charge in [0.15, 0.2) is 0 Å². The zero-order valence-corrected chi connectivity index (χ0v) is 10.5. The maximum atomic E-state index is 11.0. The average Bonchev–Trinajstić information content (AvgIpc) is 2.19. The first kappa shape index (κ1) is 11.9. The van der Waals surface area contributed by atoms with Crippen LogP contribution in [0.2, 0.25) is 0 Å². The van der Waals surface area contributed by atoms with Crippen LogP contribution in [-0.4, -0.2) is 11.1 Å². The number of aliphatic carboxylic acids is 1. The smallest absolute Gasteiger partial charge is 0.303 e. The fraction of sp³-hybridized carbons (Fsp3) is 0.929. The Hall–Kier alpha value is -0.530. The molecular weight excluding hydrogens is 200 g/mol. The summed E-state index contributed by atoms with van der Waals surface area (Å²) < 4.78 is 0. The SMILES string of the molecule is CC1CCCC2(C)C(CC(=O)O)CCCC12. The molecule has 2 fully saturated rings. The summed E-state index contributed by atoms with van der Waals surface area (Å²) in [4.78, 5) is 11.0. The van der Waals surface area contributed by atoms with Gasteiger partial charge in [-0.05, 0) is 42.4 Å². The lowest BCUT2D eigenvalue weighted by atomic mass is 9.52. The largest absolute Gasteiger partial charge is 0.481 e. The van der Waals surface area contributed by atoms with Gasteiger partial charge < -0.3 is 5.11 Å². The summed E-state index contributed by atoms with van der Waals surface area (Å²) in [5.74, 6) is 1.39. The summed E-state index contributed by atoms with van der Waals surface area (Å²) in [6.45, 7) is 4.73. The zero-order valence-electron chi connectivity index (χ0n) is 10.5. The molecule has 16 heavy (non-hydrogen) atoms. The Bertz CT molecular complexity index is 274. The third-order valence-corrected chi connectivity index (χ3v) is 5.33. The molecule has 0 aromatic heterocycles. The molecule has 0 bridgehead atoms. The Morgan fingerprint density at radius 2 is 2.06 bits per heavy atom. The Balaban J connectivity index is 2.17. The monoisotopic (exact) mass is 224 g/mol. The molecule has 0 aromatic carbocycles. The second-order valence-corrected chi connectivity index (χ2v) is 6.21. The van der Waals surface area contributed by atoms with E-state index in [2.05, 4.69) is 13.8 Å². The molecule has 0 heterocycles. The van der Waals surface area contributed by atoms with Gasteiger partial charge in [-0.3, -0.25) is 4.79 Å². The number of carboxylic acids is 1. The Labute approximate surface area is 98.4 Å². The van der Waals surface area contributed by atoms with E-state index in [4.69, 9.17) is 5.11 Å². The van der Waals surface area contributed by atoms with Gasteiger partial charge in [0.1, 0.15) is 0 Å². The normalized spacial score (nSPS) is 43.8. The molecule has 1 N–H and O–H groups in total. The number of rotatable bonds is 2. The molecule has 2 heteroatoms. The molecule has 4 atom stereocenters. The van der Waals surface area contributed by atoms with Crippen LogP contribution in [0.25, 0.3) is 0 Å². The van der Waals surface area contributed by atoms with Gasteiger partial charge in [-0.1, -0.05) is 33.1 Å². The lowest BCUT2D eigenvalue weighted by molar-refractivity contribution is -0.141. The minimum absolute atomic E-state index is 0.314. The Kier molecular flexibility index (Phi) is 3.27. The van der Waals surface area contributed by atoms with E-state index >= 15 is 0 Å². The molecule has 2 aliphatic carbocycles. The van der Waals surface area contributed by atoms with Crippen molar-refractivity contribution in [3.8, 4) is 0 Å². The minimum atomic E-state index is -0.606. The predicted octanol–water partition coefficient (Wildman–Crippen LogP) is 3.70. The number of hydrogen-bond donors (Lipinski definition) is 1. The first-order chi connectivity index (χ1) is 7.54. The second kappa shape index (κ2) is 4.38. The van der Waals surface area contributed by atoms with Gasteiger partial charge in [0.25, 0.3) is 0 Å². The summed E-state index contributed by atoms with van der Waals surface area (Å²) >= 11 is 0. The van der Waals surface area contributed by atoms with E-state index in [9.17, 15) is 4.79 Å². The average molecular weight is 224 g/mol. The topological polar surface area (TPSA) is 37.3 Å². The highest BCUT2D eigenvalue weighted by Crippen LogP contribution is 2.56. The van der Waals surface area contributed by atoms with Gasteiger partial charge in [-0.15, -0.1) is 0 Å². The van der Waals surface area contributed by atoms with E-state index in [0.29, 0.717) is 17.8 Å². The van der Waals surface area contributed by atoms with Crippen LogP contribution in [-0.2, 0) is 4.79 Å². The fourth-order valence-electron chi connectivity index (χ4n) is 4.42. The quantitative estimate of drug-likeness (QED) is 0.776. The molecule has 2 aliphatic rings. The Morgan fingerprint density at radius 3 is 2.75 bits per heavy atom. The molecule has 2 nitrogen and oxygen atoms in total. The highest BCUT2D eigenvalue weighted by Gasteiger charge is 2.47. The molecule has 0 aliphatic heterocycles. The van der Waals surface area contributed by atoms with Crippen LogP contribution in [0.4, 0.5) is 0 Å². The van der Waals surface area contributed by atoms with Crippen LogP contribution in [0.5, 0.6) is 0 Å². The van der Waals surface area contributed by atoms with Gasteiger partial charge in [-0.25, -0.2) is 0 Å². The molecule has 2 saturated carbocycles. The van der Waals surface area contributed by atoms with Crippen LogP contribution in [0.3, 0.4) is 0 Å². The maximum absolute atomic E-state index is 11.0. The van der Waals surface area contributed by atoms with Crippen LogP contribution in [0.1, 0.15) is 58.8 Å². The molecule has 92 valence electrons. The highest BCUT2D eigenvalue weighted by molar-refractivity contribution is 5.67. The standard InChI is InChI=1S/C14H24O2/c1-10-5-4-8-14(2)11(9-13(15)16)6-3-7-12(10)14/h10-12H,3-9H2,1-2H3,(H,15,16). The molecule has 2 rings (SSSR count). The van der Waals surface area contributed by atoms with Crippen LogP contribution >= 0.6 is 0 Å². The van der Waals surface area contributed by atoms with Gasteiger partial charge in [0.2, 0.25) is 0 Å². The number of hydrogen-bond acceptors (Lipinski definition) is 1. The van der Waals surface area contributed by atoms with Crippen molar-refractivity contribution in [3.63, 3.8) is 0 Å². The van der Waals surface area contributed by atoms with Crippen molar-refractivity contribution in [2.24, 2.45) is 23.2 Å². The van der Waals surface area contributed by atoms with Gasteiger partial charge in [0.05, 0.1) is 0 Å². The van der Waals surface area contributed by atoms with Crippen molar-refractivity contribution in [1.29, 1.82) is 0 Å². The van der Waals surface area contributed by atoms with Crippen molar-refractivity contribution in [2.45, 2.75) is 58.8 Å². The summed E-state index contributed by atoms with van der Waals surface area (Å²) in [6.07, 6.45) is 7.98. The Morgan fingerprint density at radius 1 is 1.31 bits per heavy atom. The lowest BCUT2D eigenvalue weighted by Gasteiger charge is -2.53. The fourth-order valence-corrected chi connectivity index (χ4v) is 4.42. The molecule has 4 unspecified atom stereocenters. The number of fused-ring (bicyclic) bond motifs is 1. The molecule has 0 amide bonds. The number of carbonyl (C=O) groups is 1. The summed E-state index contributed by atoms with van der Waals surface area (Å²) in [5.41, 5.74) is 0.314. The van der Waals surface area contributed by atoms with Crippen molar-refractivity contribution in [1.82, 2.24) is 0 Å². The molecule has 0 radical (unpaired) electrons. The van der Waals surface area contributed by atoms with Gasteiger partial charge in [0, 0.05) is 6.42 Å². The second-order valence-electron chi connectivity index (χ2n) is 6.21. The highest BCUT2D eigenvalue weighted by atomic mass is 16.4. The van der Waals surface area contributed by atoms with Crippen molar-refractivity contribution in [3.05, 3.63) is 0 Å². The summed E-state index contributed by atoms with van der Waals surface area (Å²) in [6, 6.07) is 0. The van der Waals surface area contributed by atoms with Crippen molar-refractivity contribution < 1.29 is 9.90 Å². The first-order valence-electron chi connectivity index (χ1n) is 6.76. The maximum Gasteiger partial charge on any atom is 0.303 e. The van der Waals surface area contributed by atoms with Crippen LogP contribution in [0, 0.1) is 23.2 Å². The molecule has 0 spiro atoms.